The highest BCUT2D eigenvalue weighted by Crippen LogP contribution is 2.44. The molecular weight excluding hydrogens is 369 g/mol. The first-order valence-corrected chi connectivity index (χ1v) is 7.68. The van der Waals surface area contributed by atoms with E-state index in [9.17, 15) is 0 Å². The molecule has 0 N–H and O–H groups in total. The number of nitrogens with zero attached hydrogens (tertiary/aromatic N) is 1. The fraction of sp³-hybridized carbons (Fsp3) is 0.625. The fourth-order valence-electron chi connectivity index (χ4n) is 3.21. The molecule has 1 atom stereocenters. The molecule has 0 aromatic heterocycles. The maximum absolute atomic E-state index is 5.98. The molecule has 19 heavy (non-hydrogen) atoms. The monoisotopic (exact) mass is 391 g/mol. The molecule has 0 spiro atoms. The first-order valence-electron chi connectivity index (χ1n) is 7.31. The molecule has 106 valence electrons. The van der Waals surface area contributed by atoms with Crippen LogP contribution in [0.15, 0.2) is 24.3 Å². The predicted octanol–water partition coefficient (Wildman–Crippen LogP) is 4.94. The molecule has 1 heterocycles. The smallest absolute Gasteiger partial charge is 0.0406 e. The number of benzene rings is 1. The van der Waals surface area contributed by atoms with Crippen LogP contribution in [0.1, 0.15) is 43.6 Å². The molecule has 3 heteroatoms. The van der Waals surface area contributed by atoms with E-state index in [1.54, 1.807) is 0 Å². The van der Waals surface area contributed by atoms with E-state index in [4.69, 9.17) is 11.6 Å². The number of likely N-dealkylation sites (tertiary alicyclic amines) is 1. The number of halogens is 2. The summed E-state index contributed by atoms with van der Waals surface area (Å²) in [6.07, 6.45) is 6.97. The lowest BCUT2D eigenvalue weighted by Crippen LogP contribution is -2.22. The molecular formula is C16H23ClIN. The predicted molar refractivity (Wildman–Crippen MR) is 92.6 cm³/mol. The van der Waals surface area contributed by atoms with E-state index in [0.29, 0.717) is 0 Å². The third-order valence-corrected chi connectivity index (χ3v) is 4.70. The van der Waals surface area contributed by atoms with Gasteiger partial charge in [0, 0.05) is 5.02 Å². The van der Waals surface area contributed by atoms with Gasteiger partial charge in [0.2, 0.25) is 0 Å². The third-order valence-electron chi connectivity index (χ3n) is 4.44. The summed E-state index contributed by atoms with van der Waals surface area (Å²) in [4.78, 5) is 2.63. The van der Waals surface area contributed by atoms with E-state index in [1.807, 2.05) is 12.1 Å². The molecule has 2 aliphatic rings. The van der Waals surface area contributed by atoms with Crippen molar-refractivity contribution in [3.63, 3.8) is 0 Å². The zero-order chi connectivity index (χ0) is 12.4. The van der Waals surface area contributed by atoms with Crippen LogP contribution in [0.2, 0.25) is 5.02 Å². The van der Waals surface area contributed by atoms with Gasteiger partial charge in [0.15, 0.2) is 0 Å². The highest BCUT2D eigenvalue weighted by molar-refractivity contribution is 14.0. The summed E-state index contributed by atoms with van der Waals surface area (Å²) in [5.74, 6) is 1.71. The van der Waals surface area contributed by atoms with Crippen molar-refractivity contribution in [1.82, 2.24) is 4.90 Å². The van der Waals surface area contributed by atoms with E-state index in [2.05, 4.69) is 17.0 Å². The van der Waals surface area contributed by atoms with E-state index in [1.165, 1.54) is 57.3 Å². The molecule has 1 aliphatic carbocycles. The van der Waals surface area contributed by atoms with Crippen LogP contribution in [-0.4, -0.2) is 24.5 Å². The Kier molecular flexibility index (Phi) is 5.97. The lowest BCUT2D eigenvalue weighted by atomic mass is 9.91. The molecule has 1 saturated heterocycles. The van der Waals surface area contributed by atoms with E-state index in [-0.39, 0.29) is 24.0 Å². The maximum atomic E-state index is 5.98. The van der Waals surface area contributed by atoms with E-state index in [0.717, 1.165) is 16.9 Å². The topological polar surface area (TPSA) is 3.24 Å². The summed E-state index contributed by atoms with van der Waals surface area (Å²) in [6.45, 7) is 3.92. The van der Waals surface area contributed by atoms with Crippen molar-refractivity contribution in [2.75, 3.05) is 19.6 Å². The molecule has 0 radical (unpaired) electrons. The zero-order valence-corrected chi connectivity index (χ0v) is 14.4. The lowest BCUT2D eigenvalue weighted by Gasteiger charge is -2.21. The van der Waals surface area contributed by atoms with Crippen LogP contribution in [0, 0.1) is 5.92 Å². The summed E-state index contributed by atoms with van der Waals surface area (Å²) >= 11 is 5.98. The second-order valence-electron chi connectivity index (χ2n) is 5.83. The quantitative estimate of drug-likeness (QED) is 0.643. The molecule has 0 amide bonds. The summed E-state index contributed by atoms with van der Waals surface area (Å²) < 4.78 is 0. The number of hydrogen-bond donors (Lipinski definition) is 0. The minimum Gasteiger partial charge on any atom is -0.303 e. The van der Waals surface area contributed by atoms with Gasteiger partial charge in [-0.1, -0.05) is 23.7 Å². The highest BCUT2D eigenvalue weighted by atomic mass is 127. The van der Waals surface area contributed by atoms with Crippen molar-refractivity contribution in [2.45, 2.75) is 38.0 Å². The Morgan fingerprint density at radius 3 is 2.32 bits per heavy atom. The minimum absolute atomic E-state index is 0. The molecule has 1 aromatic rings. The SMILES string of the molecule is Clc1ccc(C(CCN2CCCC2)C2CC2)cc1.I. The standard InChI is InChI=1S/C16H22ClN.HI/c17-15-7-5-14(6-8-15)16(13-3-4-13)9-12-18-10-1-2-11-18;/h5-8,13,16H,1-4,9-12H2;1H. The van der Waals surface area contributed by atoms with E-state index >= 15 is 0 Å². The maximum Gasteiger partial charge on any atom is 0.0406 e. The lowest BCUT2D eigenvalue weighted by molar-refractivity contribution is 0.315. The largest absolute Gasteiger partial charge is 0.303 e. The van der Waals surface area contributed by atoms with Crippen molar-refractivity contribution < 1.29 is 0 Å². The summed E-state index contributed by atoms with van der Waals surface area (Å²) in [5.41, 5.74) is 1.50. The number of rotatable bonds is 5. The van der Waals surface area contributed by atoms with Crippen LogP contribution < -0.4 is 0 Å². The molecule has 2 fully saturated rings. The average Bonchev–Trinajstić information content (AvgIpc) is 3.08. The summed E-state index contributed by atoms with van der Waals surface area (Å²) in [7, 11) is 0. The third kappa shape index (κ3) is 4.33. The van der Waals surface area contributed by atoms with Gasteiger partial charge in [0.1, 0.15) is 0 Å². The first-order chi connectivity index (χ1) is 8.83. The van der Waals surface area contributed by atoms with Crippen molar-refractivity contribution in [3.05, 3.63) is 34.9 Å². The van der Waals surface area contributed by atoms with Crippen molar-refractivity contribution in [3.8, 4) is 0 Å². The Bertz CT molecular complexity index is 382. The molecule has 1 aliphatic heterocycles. The van der Waals surface area contributed by atoms with Gasteiger partial charge in [-0.2, -0.15) is 0 Å². The Balaban J connectivity index is 0.00000133. The normalized spacial score (nSPS) is 21.1. The first kappa shape index (κ1) is 15.6. The van der Waals surface area contributed by atoms with Crippen LogP contribution in [-0.2, 0) is 0 Å². The average molecular weight is 392 g/mol. The van der Waals surface area contributed by atoms with Gasteiger partial charge in [-0.3, -0.25) is 0 Å². The van der Waals surface area contributed by atoms with Gasteiger partial charge in [0.25, 0.3) is 0 Å². The summed E-state index contributed by atoms with van der Waals surface area (Å²) in [5, 5.41) is 0.854. The van der Waals surface area contributed by atoms with Gasteiger partial charge < -0.3 is 4.90 Å². The van der Waals surface area contributed by atoms with E-state index < -0.39 is 0 Å². The number of hydrogen-bond acceptors (Lipinski definition) is 1. The highest BCUT2D eigenvalue weighted by Gasteiger charge is 2.32. The van der Waals surface area contributed by atoms with Crippen molar-refractivity contribution in [1.29, 1.82) is 0 Å². The second kappa shape index (κ2) is 7.28. The summed E-state index contributed by atoms with van der Waals surface area (Å²) in [6, 6.07) is 8.55. The van der Waals surface area contributed by atoms with Crippen LogP contribution in [0.4, 0.5) is 0 Å². The molecule has 1 saturated carbocycles. The Morgan fingerprint density at radius 2 is 1.74 bits per heavy atom. The van der Waals surface area contributed by atoms with Crippen LogP contribution in [0.25, 0.3) is 0 Å². The Labute approximate surface area is 138 Å². The minimum atomic E-state index is 0. The van der Waals surface area contributed by atoms with Gasteiger partial charge in [-0.25, -0.2) is 0 Å². The van der Waals surface area contributed by atoms with Crippen molar-refractivity contribution >= 4 is 35.6 Å². The van der Waals surface area contributed by atoms with Crippen LogP contribution >= 0.6 is 35.6 Å². The van der Waals surface area contributed by atoms with Crippen molar-refractivity contribution in [2.24, 2.45) is 5.92 Å². The molecule has 1 aromatic carbocycles. The fourth-order valence-corrected chi connectivity index (χ4v) is 3.34. The zero-order valence-electron chi connectivity index (χ0n) is 11.4. The van der Waals surface area contributed by atoms with Gasteiger partial charge in [-0.05, 0) is 81.3 Å². The molecule has 1 unspecified atom stereocenters. The molecule has 3 rings (SSSR count). The molecule has 0 bridgehead atoms. The van der Waals surface area contributed by atoms with Gasteiger partial charge >= 0.3 is 0 Å². The van der Waals surface area contributed by atoms with Crippen LogP contribution in [0.3, 0.4) is 0 Å². The second-order valence-corrected chi connectivity index (χ2v) is 6.27. The Hall–Kier alpha value is 0.200. The molecule has 1 nitrogen and oxygen atoms in total. The van der Waals surface area contributed by atoms with Gasteiger partial charge in [-0.15, -0.1) is 24.0 Å². The Morgan fingerprint density at radius 1 is 1.11 bits per heavy atom. The van der Waals surface area contributed by atoms with Gasteiger partial charge in [0.05, 0.1) is 0 Å². The van der Waals surface area contributed by atoms with Crippen LogP contribution in [0.5, 0.6) is 0 Å².